The van der Waals surface area contributed by atoms with Crippen LogP contribution in [0, 0.1) is 23.7 Å². The van der Waals surface area contributed by atoms with Crippen LogP contribution in [0.2, 0.25) is 0 Å². The Kier molecular flexibility index (Phi) is 53.9. The van der Waals surface area contributed by atoms with Crippen molar-refractivity contribution >= 4 is 39.5 Å². The number of rotatable bonds is 62. The lowest BCUT2D eigenvalue weighted by atomic mass is 10.00. The molecular weight excluding hydrogens is 1110 g/mol. The fourth-order valence-corrected chi connectivity index (χ4v) is 11.2. The van der Waals surface area contributed by atoms with Crippen molar-refractivity contribution in [3.05, 3.63) is 0 Å². The largest absolute Gasteiger partial charge is 0.472 e. The Balaban J connectivity index is 5.21. The normalized spacial score (nSPS) is 14.7. The first-order chi connectivity index (χ1) is 40.1. The second-order valence-corrected chi connectivity index (χ2v) is 28.1. The third kappa shape index (κ3) is 57.8. The topological polar surface area (TPSA) is 237 Å². The summed E-state index contributed by atoms with van der Waals surface area (Å²) in [6, 6.07) is 0. The van der Waals surface area contributed by atoms with Crippen molar-refractivity contribution in [1.29, 1.82) is 0 Å². The highest BCUT2D eigenvalue weighted by atomic mass is 31.2. The molecule has 0 aromatic carbocycles. The van der Waals surface area contributed by atoms with Crippen LogP contribution >= 0.6 is 15.6 Å². The molecule has 498 valence electrons. The molecule has 0 aromatic heterocycles. The molecule has 0 saturated carbocycles. The van der Waals surface area contributed by atoms with Crippen molar-refractivity contribution < 1.29 is 80.2 Å². The van der Waals surface area contributed by atoms with Gasteiger partial charge in [-0.1, -0.05) is 261 Å². The van der Waals surface area contributed by atoms with E-state index in [2.05, 4.69) is 55.4 Å². The lowest BCUT2D eigenvalue weighted by molar-refractivity contribution is -0.161. The van der Waals surface area contributed by atoms with Gasteiger partial charge >= 0.3 is 39.5 Å². The molecule has 3 N–H and O–H groups in total. The maximum atomic E-state index is 13.0. The molecule has 0 rings (SSSR count). The smallest absolute Gasteiger partial charge is 0.462 e. The van der Waals surface area contributed by atoms with E-state index in [1.54, 1.807) is 0 Å². The molecule has 0 amide bonds. The van der Waals surface area contributed by atoms with Crippen molar-refractivity contribution in [2.45, 2.75) is 331 Å². The zero-order valence-corrected chi connectivity index (χ0v) is 56.3. The van der Waals surface area contributed by atoms with Crippen molar-refractivity contribution in [2.75, 3.05) is 39.6 Å². The number of phosphoric acid groups is 2. The summed E-state index contributed by atoms with van der Waals surface area (Å²) in [6.45, 7) is 13.9. The second kappa shape index (κ2) is 55.2. The van der Waals surface area contributed by atoms with E-state index in [1.807, 2.05) is 0 Å². The number of aliphatic hydroxyl groups excluding tert-OH is 1. The van der Waals surface area contributed by atoms with Gasteiger partial charge in [0.05, 0.1) is 26.4 Å². The SMILES string of the molecule is CCC(C)CCCCCCCCC(=O)OC[C@H](COP(=O)(O)OC[C@H](O)COP(=O)(O)OC[C@@H](COC(=O)CCCCCCCCCCCCCCC(C)C)OC(=O)CCCCCCCCCC(C)C)OC(=O)CCCCCCCCC(C)C. The maximum absolute atomic E-state index is 13.0. The second-order valence-electron chi connectivity index (χ2n) is 25.2. The summed E-state index contributed by atoms with van der Waals surface area (Å²) in [7, 11) is -9.89. The van der Waals surface area contributed by atoms with Crippen LogP contribution in [-0.2, 0) is 65.4 Å². The average Bonchev–Trinajstić information content (AvgIpc) is 3.55. The minimum absolute atomic E-state index is 0.100. The summed E-state index contributed by atoms with van der Waals surface area (Å²) in [5.41, 5.74) is 0. The molecular formula is C65H126O17P2. The van der Waals surface area contributed by atoms with Crippen LogP contribution in [0.25, 0.3) is 0 Å². The fraction of sp³-hybridized carbons (Fsp3) is 0.938. The van der Waals surface area contributed by atoms with Gasteiger partial charge in [-0.25, -0.2) is 9.13 Å². The van der Waals surface area contributed by atoms with Crippen LogP contribution in [0.5, 0.6) is 0 Å². The van der Waals surface area contributed by atoms with Crippen molar-refractivity contribution in [3.63, 3.8) is 0 Å². The number of hydrogen-bond donors (Lipinski definition) is 3. The molecule has 0 bridgehead atoms. The first-order valence-corrected chi connectivity index (χ1v) is 36.7. The van der Waals surface area contributed by atoms with E-state index in [4.69, 9.17) is 37.0 Å². The Hall–Kier alpha value is -1.94. The molecule has 0 aliphatic carbocycles. The summed E-state index contributed by atoms with van der Waals surface area (Å²) in [5.74, 6) is 0.734. The van der Waals surface area contributed by atoms with E-state index >= 15 is 0 Å². The zero-order valence-electron chi connectivity index (χ0n) is 54.5. The zero-order chi connectivity index (χ0) is 62.5. The summed E-state index contributed by atoms with van der Waals surface area (Å²) in [4.78, 5) is 72.2. The molecule has 0 spiro atoms. The van der Waals surface area contributed by atoms with Crippen LogP contribution in [0.4, 0.5) is 0 Å². The number of esters is 4. The highest BCUT2D eigenvalue weighted by molar-refractivity contribution is 7.47. The molecule has 0 aliphatic heterocycles. The van der Waals surface area contributed by atoms with E-state index in [-0.39, 0.29) is 25.7 Å². The van der Waals surface area contributed by atoms with Gasteiger partial charge < -0.3 is 33.8 Å². The average molecular weight is 1240 g/mol. The standard InChI is InChI=1S/C65H126O17P2/c1-9-58(8)44-36-28-22-24-30-38-46-63(68)76-52-61(82-65(70)48-40-32-23-21-27-35-43-57(6)7)54-80-84(73,74)78-50-59(66)49-77-83(71,72)79-53-60(81-64(69)47-39-31-20-16-18-26-34-42-56(4)5)51-75-62(67)45-37-29-19-15-13-11-10-12-14-17-25-33-41-55(2)3/h55-61,66H,9-54H2,1-8H3,(H,71,72)(H,73,74)/t58?,59-,60-,61-/m1/s1. The van der Waals surface area contributed by atoms with E-state index in [1.165, 1.54) is 109 Å². The van der Waals surface area contributed by atoms with Gasteiger partial charge in [0, 0.05) is 25.7 Å². The van der Waals surface area contributed by atoms with Gasteiger partial charge in [0.25, 0.3) is 0 Å². The van der Waals surface area contributed by atoms with E-state index in [9.17, 15) is 43.2 Å². The molecule has 0 aliphatic rings. The Bertz CT molecular complexity index is 1680. The van der Waals surface area contributed by atoms with E-state index in [0.717, 1.165) is 108 Å². The Morgan fingerprint density at radius 2 is 0.571 bits per heavy atom. The summed E-state index contributed by atoms with van der Waals surface area (Å²) in [6.07, 6.45) is 35.1. The molecule has 0 aromatic rings. The lowest BCUT2D eigenvalue weighted by Gasteiger charge is -2.21. The molecule has 6 atom stereocenters. The molecule has 19 heteroatoms. The highest BCUT2D eigenvalue weighted by Crippen LogP contribution is 2.45. The summed E-state index contributed by atoms with van der Waals surface area (Å²) < 4.78 is 68.0. The van der Waals surface area contributed by atoms with Gasteiger partial charge in [0.15, 0.2) is 12.2 Å². The van der Waals surface area contributed by atoms with Gasteiger partial charge in [-0.3, -0.25) is 37.3 Å². The lowest BCUT2D eigenvalue weighted by Crippen LogP contribution is -2.30. The Labute approximate surface area is 511 Å². The number of ether oxygens (including phenoxy) is 4. The molecule has 0 radical (unpaired) electrons. The minimum Gasteiger partial charge on any atom is -0.462 e. The number of carbonyl (C=O) groups is 4. The molecule has 0 fully saturated rings. The van der Waals surface area contributed by atoms with Gasteiger partial charge in [0.2, 0.25) is 0 Å². The van der Waals surface area contributed by atoms with Gasteiger partial charge in [-0.2, -0.15) is 0 Å². The predicted octanol–water partition coefficient (Wildman–Crippen LogP) is 17.8. The Morgan fingerprint density at radius 1 is 0.333 bits per heavy atom. The van der Waals surface area contributed by atoms with E-state index in [0.29, 0.717) is 37.5 Å². The quantitative estimate of drug-likeness (QED) is 0.0222. The monoisotopic (exact) mass is 1240 g/mol. The highest BCUT2D eigenvalue weighted by Gasteiger charge is 2.30. The van der Waals surface area contributed by atoms with Crippen LogP contribution in [0.3, 0.4) is 0 Å². The maximum Gasteiger partial charge on any atom is 0.472 e. The van der Waals surface area contributed by atoms with E-state index < -0.39 is 97.5 Å². The van der Waals surface area contributed by atoms with Gasteiger partial charge in [0.1, 0.15) is 19.3 Å². The third-order valence-electron chi connectivity index (χ3n) is 15.2. The number of unbranched alkanes of at least 4 members (excludes halogenated alkanes) is 27. The molecule has 17 nitrogen and oxygen atoms in total. The van der Waals surface area contributed by atoms with Crippen molar-refractivity contribution in [1.82, 2.24) is 0 Å². The molecule has 3 unspecified atom stereocenters. The van der Waals surface area contributed by atoms with Crippen LogP contribution < -0.4 is 0 Å². The predicted molar refractivity (Wildman–Crippen MR) is 335 cm³/mol. The van der Waals surface area contributed by atoms with Gasteiger partial charge in [-0.05, 0) is 49.4 Å². The van der Waals surface area contributed by atoms with Gasteiger partial charge in [-0.15, -0.1) is 0 Å². The number of aliphatic hydroxyl groups is 1. The summed E-state index contributed by atoms with van der Waals surface area (Å²) in [5, 5.41) is 10.5. The number of phosphoric ester groups is 2. The first kappa shape index (κ1) is 82.1. The number of hydrogen-bond acceptors (Lipinski definition) is 15. The fourth-order valence-electron chi connectivity index (χ4n) is 9.57. The number of carbonyl (C=O) groups excluding carboxylic acids is 4. The first-order valence-electron chi connectivity index (χ1n) is 33.7. The molecule has 0 heterocycles. The minimum atomic E-state index is -4.95. The molecule has 0 saturated heterocycles. The van der Waals surface area contributed by atoms with Crippen LogP contribution in [-0.4, -0.2) is 96.7 Å². The summed E-state index contributed by atoms with van der Waals surface area (Å²) >= 11 is 0. The van der Waals surface area contributed by atoms with Crippen molar-refractivity contribution in [2.24, 2.45) is 23.7 Å². The third-order valence-corrected chi connectivity index (χ3v) is 17.1. The Morgan fingerprint density at radius 3 is 0.845 bits per heavy atom. The molecule has 84 heavy (non-hydrogen) atoms. The van der Waals surface area contributed by atoms with Crippen LogP contribution in [0.15, 0.2) is 0 Å². The van der Waals surface area contributed by atoms with Crippen LogP contribution in [0.1, 0.15) is 312 Å². The van der Waals surface area contributed by atoms with Crippen molar-refractivity contribution in [3.8, 4) is 0 Å².